The number of carbonyl (C=O) groups excluding carboxylic acids is 1. The molecule has 0 aliphatic rings. The summed E-state index contributed by atoms with van der Waals surface area (Å²) in [5, 5.41) is 0. The molecule has 0 saturated heterocycles. The molecule has 0 aromatic heterocycles. The van der Waals surface area contributed by atoms with Crippen LogP contribution >= 0.6 is 0 Å². The van der Waals surface area contributed by atoms with E-state index in [1.165, 1.54) is 12.1 Å². The van der Waals surface area contributed by atoms with Crippen LogP contribution in [0.3, 0.4) is 0 Å². The summed E-state index contributed by atoms with van der Waals surface area (Å²) in [4.78, 5) is 11.3. The summed E-state index contributed by atoms with van der Waals surface area (Å²) in [5.41, 5.74) is 0.654. The zero-order chi connectivity index (χ0) is 16.4. The molecule has 22 heavy (non-hydrogen) atoms. The average Bonchev–Trinajstić information content (AvgIpc) is 2.47. The highest BCUT2D eigenvalue weighted by Gasteiger charge is 2.26. The molecule has 116 valence electrons. The zero-order valence-electron chi connectivity index (χ0n) is 12.7. The van der Waals surface area contributed by atoms with Gasteiger partial charge in [0.2, 0.25) is 0 Å². The van der Waals surface area contributed by atoms with E-state index >= 15 is 0 Å². The van der Waals surface area contributed by atoms with E-state index in [-0.39, 0.29) is 10.6 Å². The molecule has 0 heterocycles. The number of hydrogen-bond acceptors (Lipinski definition) is 4. The van der Waals surface area contributed by atoms with Crippen molar-refractivity contribution in [2.75, 3.05) is 0 Å². The third kappa shape index (κ3) is 3.36. The first-order valence-corrected chi connectivity index (χ1v) is 8.24. The Morgan fingerprint density at radius 2 is 1.59 bits per heavy atom. The van der Waals surface area contributed by atoms with Crippen molar-refractivity contribution in [3.63, 3.8) is 0 Å². The van der Waals surface area contributed by atoms with Crippen LogP contribution in [0, 0.1) is 6.92 Å². The van der Waals surface area contributed by atoms with E-state index in [9.17, 15) is 13.2 Å². The van der Waals surface area contributed by atoms with Crippen LogP contribution in [0.1, 0.15) is 25.0 Å². The Labute approximate surface area is 130 Å². The minimum atomic E-state index is -3.94. The summed E-state index contributed by atoms with van der Waals surface area (Å²) in [6.07, 6.45) is 0.772. The van der Waals surface area contributed by atoms with Gasteiger partial charge in [-0.3, -0.25) is 0 Å². The Morgan fingerprint density at radius 1 is 1.00 bits per heavy atom. The first-order chi connectivity index (χ1) is 10.3. The predicted molar refractivity (Wildman–Crippen MR) is 84.5 cm³/mol. The third-order valence-electron chi connectivity index (χ3n) is 3.39. The molecule has 0 aliphatic carbocycles. The Balaban J connectivity index is 2.43. The monoisotopic (exact) mass is 318 g/mol. The van der Waals surface area contributed by atoms with Gasteiger partial charge in [0.25, 0.3) is 0 Å². The molecule has 0 amide bonds. The van der Waals surface area contributed by atoms with Gasteiger partial charge in [-0.15, -0.1) is 0 Å². The first kappa shape index (κ1) is 16.2. The van der Waals surface area contributed by atoms with Crippen molar-refractivity contribution in [1.82, 2.24) is 0 Å². The van der Waals surface area contributed by atoms with Gasteiger partial charge in [-0.1, -0.05) is 35.9 Å². The third-order valence-corrected chi connectivity index (χ3v) is 4.63. The predicted octanol–water partition coefficient (Wildman–Crippen LogP) is 3.24. The van der Waals surface area contributed by atoms with Crippen molar-refractivity contribution >= 4 is 16.4 Å². The summed E-state index contributed by atoms with van der Waals surface area (Å²) < 4.78 is 30.0. The molecule has 0 radical (unpaired) electrons. The molecule has 5 heteroatoms. The molecule has 0 aliphatic heterocycles. The topological polar surface area (TPSA) is 60.4 Å². The van der Waals surface area contributed by atoms with E-state index in [0.717, 1.165) is 11.8 Å². The van der Waals surface area contributed by atoms with Gasteiger partial charge in [0, 0.05) is 11.0 Å². The number of aldehydes is 1. The molecule has 0 saturated carbocycles. The van der Waals surface area contributed by atoms with E-state index in [4.69, 9.17) is 4.18 Å². The maximum Gasteiger partial charge on any atom is 0.339 e. The molecule has 2 rings (SSSR count). The molecule has 0 N–H and O–H groups in total. The quantitative estimate of drug-likeness (QED) is 0.627. The van der Waals surface area contributed by atoms with Gasteiger partial charge in [-0.05, 0) is 39.0 Å². The minimum absolute atomic E-state index is 0.0804. The number of rotatable bonds is 5. The highest BCUT2D eigenvalue weighted by Crippen LogP contribution is 2.31. The maximum absolute atomic E-state index is 12.4. The van der Waals surface area contributed by atoms with Gasteiger partial charge in [-0.2, -0.15) is 8.42 Å². The Kier molecular flexibility index (Phi) is 4.37. The van der Waals surface area contributed by atoms with Crippen LogP contribution in [0.4, 0.5) is 0 Å². The number of para-hydroxylation sites is 1. The number of aryl methyl sites for hydroxylation is 1. The SMILES string of the molecule is Cc1ccc(S(=O)(=O)Oc2ccccc2C(C)(C)C=O)cc1. The Bertz CT molecular complexity index is 775. The molecule has 0 atom stereocenters. The molecular formula is C17H18O4S. The van der Waals surface area contributed by atoms with Crippen molar-refractivity contribution < 1.29 is 17.4 Å². The average molecular weight is 318 g/mol. The lowest BCUT2D eigenvalue weighted by Crippen LogP contribution is -2.21. The molecule has 0 bridgehead atoms. The van der Waals surface area contributed by atoms with E-state index < -0.39 is 15.5 Å². The lowest BCUT2D eigenvalue weighted by molar-refractivity contribution is -0.111. The summed E-state index contributed by atoms with van der Waals surface area (Å²) in [7, 11) is -3.94. The second-order valence-corrected chi connectivity index (χ2v) is 7.23. The van der Waals surface area contributed by atoms with E-state index in [2.05, 4.69) is 0 Å². The Morgan fingerprint density at radius 3 is 2.18 bits per heavy atom. The fourth-order valence-corrected chi connectivity index (χ4v) is 2.95. The van der Waals surface area contributed by atoms with Crippen molar-refractivity contribution in [2.45, 2.75) is 31.1 Å². The molecule has 2 aromatic carbocycles. The summed E-state index contributed by atoms with van der Waals surface area (Å²) in [6, 6.07) is 13.1. The van der Waals surface area contributed by atoms with E-state index in [1.807, 2.05) is 6.92 Å². The molecule has 0 unspecified atom stereocenters. The van der Waals surface area contributed by atoms with E-state index in [1.54, 1.807) is 50.2 Å². The van der Waals surface area contributed by atoms with Gasteiger partial charge < -0.3 is 8.98 Å². The second-order valence-electron chi connectivity index (χ2n) is 5.69. The van der Waals surface area contributed by atoms with Crippen molar-refractivity contribution in [3.05, 3.63) is 59.7 Å². The van der Waals surface area contributed by atoms with Crippen LogP contribution < -0.4 is 4.18 Å². The molecule has 4 nitrogen and oxygen atoms in total. The highest BCUT2D eigenvalue weighted by molar-refractivity contribution is 7.87. The molecule has 0 fully saturated rings. The van der Waals surface area contributed by atoms with Crippen LogP contribution in [0.25, 0.3) is 0 Å². The van der Waals surface area contributed by atoms with Gasteiger partial charge in [-0.25, -0.2) is 0 Å². The van der Waals surface area contributed by atoms with Crippen LogP contribution in [0.5, 0.6) is 5.75 Å². The van der Waals surface area contributed by atoms with Crippen LogP contribution in [0.15, 0.2) is 53.4 Å². The molecule has 0 spiro atoms. The lowest BCUT2D eigenvalue weighted by atomic mass is 9.86. The maximum atomic E-state index is 12.4. The van der Waals surface area contributed by atoms with Crippen LogP contribution in [-0.2, 0) is 20.3 Å². The first-order valence-electron chi connectivity index (χ1n) is 6.83. The normalized spacial score (nSPS) is 12.0. The summed E-state index contributed by atoms with van der Waals surface area (Å²) in [6.45, 7) is 5.29. The van der Waals surface area contributed by atoms with Crippen molar-refractivity contribution in [2.24, 2.45) is 0 Å². The molecular weight excluding hydrogens is 300 g/mol. The minimum Gasteiger partial charge on any atom is -0.379 e. The number of benzene rings is 2. The molecule has 2 aromatic rings. The van der Waals surface area contributed by atoms with Gasteiger partial charge in [0.05, 0.1) is 0 Å². The van der Waals surface area contributed by atoms with Crippen molar-refractivity contribution in [1.29, 1.82) is 0 Å². The smallest absolute Gasteiger partial charge is 0.339 e. The number of hydrogen-bond donors (Lipinski definition) is 0. The fraction of sp³-hybridized carbons (Fsp3) is 0.235. The van der Waals surface area contributed by atoms with E-state index in [0.29, 0.717) is 5.56 Å². The van der Waals surface area contributed by atoms with Gasteiger partial charge >= 0.3 is 10.1 Å². The summed E-state index contributed by atoms with van der Waals surface area (Å²) in [5.74, 6) is 0.167. The fourth-order valence-electron chi connectivity index (χ4n) is 2.01. The van der Waals surface area contributed by atoms with Gasteiger partial charge in [0.15, 0.2) is 0 Å². The largest absolute Gasteiger partial charge is 0.379 e. The number of carbonyl (C=O) groups is 1. The van der Waals surface area contributed by atoms with Crippen LogP contribution in [0.2, 0.25) is 0 Å². The second kappa shape index (κ2) is 5.93. The highest BCUT2D eigenvalue weighted by atomic mass is 32.2. The van der Waals surface area contributed by atoms with Gasteiger partial charge in [0.1, 0.15) is 16.9 Å². The Hall–Kier alpha value is -2.14. The van der Waals surface area contributed by atoms with Crippen LogP contribution in [-0.4, -0.2) is 14.7 Å². The standard InChI is InChI=1S/C17H18O4S/c1-13-8-10-14(11-9-13)22(19,20)21-16-7-5-4-6-15(16)17(2,3)12-18/h4-12H,1-3H3. The van der Waals surface area contributed by atoms with Crippen molar-refractivity contribution in [3.8, 4) is 5.75 Å². The zero-order valence-corrected chi connectivity index (χ0v) is 13.6. The lowest BCUT2D eigenvalue weighted by Gasteiger charge is -2.20. The summed E-state index contributed by atoms with van der Waals surface area (Å²) >= 11 is 0.